The van der Waals surface area contributed by atoms with Crippen molar-refractivity contribution in [2.24, 2.45) is 0 Å². The van der Waals surface area contributed by atoms with Crippen LogP contribution in [0.25, 0.3) is 22.3 Å². The van der Waals surface area contributed by atoms with Gasteiger partial charge < -0.3 is 24.6 Å². The number of para-hydroxylation sites is 1. The van der Waals surface area contributed by atoms with E-state index in [-0.39, 0.29) is 22.9 Å². The fraction of sp³-hybridized carbons (Fsp3) is 0.258. The van der Waals surface area contributed by atoms with Gasteiger partial charge in [-0.15, -0.1) is 0 Å². The number of carbonyl (C=O) groups excluding carboxylic acids is 1. The van der Waals surface area contributed by atoms with Gasteiger partial charge in [0.15, 0.2) is 5.43 Å². The number of rotatable bonds is 6. The van der Waals surface area contributed by atoms with E-state index in [4.69, 9.17) is 4.42 Å². The predicted octanol–water partition coefficient (Wildman–Crippen LogP) is 5.31. The van der Waals surface area contributed by atoms with Gasteiger partial charge in [0, 0.05) is 61.7 Å². The molecule has 1 amide bonds. The van der Waals surface area contributed by atoms with Crippen LogP contribution < -0.4 is 15.6 Å². The Morgan fingerprint density at radius 3 is 2.33 bits per heavy atom. The van der Waals surface area contributed by atoms with Crippen molar-refractivity contribution in [3.63, 3.8) is 0 Å². The van der Waals surface area contributed by atoms with Gasteiger partial charge in [-0.3, -0.25) is 9.59 Å². The molecule has 3 aromatic carbocycles. The second-order valence-corrected chi connectivity index (χ2v) is 9.96. The molecule has 0 radical (unpaired) electrons. The first kappa shape index (κ1) is 26.0. The number of hydrogen-bond acceptors (Lipinski definition) is 6. The van der Waals surface area contributed by atoms with E-state index >= 15 is 0 Å². The summed E-state index contributed by atoms with van der Waals surface area (Å²) in [5.74, 6) is -0.456. The first-order valence-corrected chi connectivity index (χ1v) is 13.0. The van der Waals surface area contributed by atoms with E-state index in [1.807, 2.05) is 55.1 Å². The second-order valence-electron chi connectivity index (χ2n) is 9.96. The second kappa shape index (κ2) is 10.6. The molecular formula is C31H31N3O5. The highest BCUT2D eigenvalue weighted by atomic mass is 16.4. The minimum Gasteiger partial charge on any atom is -0.478 e. The standard InChI is InChI=1S/C31H31N3O5/c1-19-16-25(20(2)32-27-7-5-4-6-24(27)31(37)38)30-26(17-19)28(36)18-29(39-30)22-8-10-23(11-9-22)34-14-12-33(13-15-34)21(3)35/h4-11,16-18,20,32H,12-15H2,1-3H3,(H,37,38)/t20-/m1/s1. The van der Waals surface area contributed by atoms with Crippen LogP contribution >= 0.6 is 0 Å². The van der Waals surface area contributed by atoms with Crippen molar-refractivity contribution in [2.45, 2.75) is 26.8 Å². The number of anilines is 2. The molecule has 200 valence electrons. The fourth-order valence-electron chi connectivity index (χ4n) is 5.12. The van der Waals surface area contributed by atoms with Crippen molar-refractivity contribution >= 4 is 34.2 Å². The summed E-state index contributed by atoms with van der Waals surface area (Å²) in [5.41, 5.74) is 4.51. The van der Waals surface area contributed by atoms with Crippen LogP contribution in [0.5, 0.6) is 0 Å². The Morgan fingerprint density at radius 1 is 0.974 bits per heavy atom. The lowest BCUT2D eigenvalue weighted by Crippen LogP contribution is -2.48. The quantitative estimate of drug-likeness (QED) is 0.352. The molecule has 1 aliphatic heterocycles. The lowest BCUT2D eigenvalue weighted by atomic mass is 10.00. The summed E-state index contributed by atoms with van der Waals surface area (Å²) in [6.45, 7) is 8.36. The van der Waals surface area contributed by atoms with Crippen LogP contribution in [0.3, 0.4) is 0 Å². The molecule has 1 fully saturated rings. The van der Waals surface area contributed by atoms with Crippen LogP contribution in [-0.4, -0.2) is 48.1 Å². The van der Waals surface area contributed by atoms with E-state index in [1.165, 1.54) is 6.07 Å². The summed E-state index contributed by atoms with van der Waals surface area (Å²) in [6, 6.07) is 19.6. The molecular weight excluding hydrogens is 494 g/mol. The molecule has 4 aromatic rings. The number of carboxylic acids is 1. The Bertz CT molecular complexity index is 1600. The predicted molar refractivity (Wildman–Crippen MR) is 153 cm³/mol. The van der Waals surface area contributed by atoms with Gasteiger partial charge in [0.2, 0.25) is 5.91 Å². The maximum atomic E-state index is 13.2. The Balaban J connectivity index is 1.46. The van der Waals surface area contributed by atoms with Gasteiger partial charge in [0.25, 0.3) is 0 Å². The molecule has 2 N–H and O–H groups in total. The van der Waals surface area contributed by atoms with Crippen LogP contribution in [0, 0.1) is 6.92 Å². The average molecular weight is 526 g/mol. The molecule has 1 saturated heterocycles. The lowest BCUT2D eigenvalue weighted by molar-refractivity contribution is -0.129. The third-order valence-corrected chi connectivity index (χ3v) is 7.24. The number of carboxylic acid groups (broad SMARTS) is 1. The summed E-state index contributed by atoms with van der Waals surface area (Å²) in [5, 5.41) is 13.3. The van der Waals surface area contributed by atoms with E-state index in [0.29, 0.717) is 35.5 Å². The van der Waals surface area contributed by atoms with Crippen LogP contribution in [0.4, 0.5) is 11.4 Å². The normalized spacial score (nSPS) is 14.3. The van der Waals surface area contributed by atoms with Crippen LogP contribution in [0.1, 0.15) is 41.4 Å². The van der Waals surface area contributed by atoms with E-state index < -0.39 is 5.97 Å². The summed E-state index contributed by atoms with van der Waals surface area (Å²) in [6.07, 6.45) is 0. The SMILES string of the molecule is CC(=O)N1CCN(c2ccc(-c3cc(=O)c4cc(C)cc([C@@H](C)Nc5ccccc5C(=O)O)c4o3)cc2)CC1. The van der Waals surface area contributed by atoms with Crippen LogP contribution in [0.15, 0.2) is 75.9 Å². The van der Waals surface area contributed by atoms with Gasteiger partial charge in [-0.25, -0.2) is 4.79 Å². The van der Waals surface area contributed by atoms with E-state index in [2.05, 4.69) is 10.2 Å². The first-order valence-electron chi connectivity index (χ1n) is 13.0. The Hall–Kier alpha value is -4.59. The first-order chi connectivity index (χ1) is 18.7. The van der Waals surface area contributed by atoms with Gasteiger partial charge in [0.05, 0.1) is 17.0 Å². The highest BCUT2D eigenvalue weighted by Crippen LogP contribution is 2.32. The molecule has 1 aromatic heterocycles. The fourth-order valence-corrected chi connectivity index (χ4v) is 5.12. The molecule has 0 aliphatic carbocycles. The van der Waals surface area contributed by atoms with Crippen molar-refractivity contribution < 1.29 is 19.1 Å². The Morgan fingerprint density at radius 2 is 1.67 bits per heavy atom. The van der Waals surface area contributed by atoms with E-state index in [9.17, 15) is 19.5 Å². The third-order valence-electron chi connectivity index (χ3n) is 7.24. The molecule has 5 rings (SSSR count). The van der Waals surface area contributed by atoms with E-state index in [1.54, 1.807) is 31.2 Å². The maximum Gasteiger partial charge on any atom is 0.337 e. The number of aryl methyl sites for hydroxylation is 1. The number of amides is 1. The summed E-state index contributed by atoms with van der Waals surface area (Å²) in [4.78, 5) is 40.6. The number of carbonyl (C=O) groups is 2. The molecule has 0 unspecified atom stereocenters. The van der Waals surface area contributed by atoms with Gasteiger partial charge in [-0.2, -0.15) is 0 Å². The number of piperazine rings is 1. The zero-order valence-corrected chi connectivity index (χ0v) is 22.2. The van der Waals surface area contributed by atoms with Gasteiger partial charge >= 0.3 is 5.97 Å². The molecule has 0 spiro atoms. The average Bonchev–Trinajstić information content (AvgIpc) is 2.93. The Labute approximate surface area is 226 Å². The minimum absolute atomic E-state index is 0.0986. The zero-order valence-electron chi connectivity index (χ0n) is 22.2. The smallest absolute Gasteiger partial charge is 0.337 e. The molecule has 0 saturated carbocycles. The number of fused-ring (bicyclic) bond motifs is 1. The van der Waals surface area contributed by atoms with Crippen molar-refractivity contribution in [3.8, 4) is 11.3 Å². The number of nitrogens with one attached hydrogen (secondary N) is 1. The minimum atomic E-state index is -1.02. The highest BCUT2D eigenvalue weighted by molar-refractivity contribution is 5.94. The zero-order chi connectivity index (χ0) is 27.7. The van der Waals surface area contributed by atoms with Crippen LogP contribution in [0.2, 0.25) is 0 Å². The van der Waals surface area contributed by atoms with Crippen LogP contribution in [-0.2, 0) is 4.79 Å². The summed E-state index contributed by atoms with van der Waals surface area (Å²) >= 11 is 0. The van der Waals surface area contributed by atoms with Crippen molar-refractivity contribution in [1.29, 1.82) is 0 Å². The molecule has 8 nitrogen and oxygen atoms in total. The molecule has 1 aliphatic rings. The topological polar surface area (TPSA) is 103 Å². The number of hydrogen-bond donors (Lipinski definition) is 2. The summed E-state index contributed by atoms with van der Waals surface area (Å²) < 4.78 is 6.36. The Kier molecular flexibility index (Phi) is 7.11. The van der Waals surface area contributed by atoms with Crippen molar-refractivity contribution in [1.82, 2.24) is 4.90 Å². The van der Waals surface area contributed by atoms with Gasteiger partial charge in [-0.05, 0) is 61.9 Å². The number of benzene rings is 3. The lowest BCUT2D eigenvalue weighted by Gasteiger charge is -2.35. The molecule has 1 atom stereocenters. The van der Waals surface area contributed by atoms with Gasteiger partial charge in [-0.1, -0.05) is 18.2 Å². The van der Waals surface area contributed by atoms with E-state index in [0.717, 1.165) is 35.5 Å². The number of nitrogens with zero attached hydrogens (tertiary/aromatic N) is 2. The highest BCUT2D eigenvalue weighted by Gasteiger charge is 2.20. The molecule has 2 heterocycles. The monoisotopic (exact) mass is 525 g/mol. The maximum absolute atomic E-state index is 13.2. The van der Waals surface area contributed by atoms with Gasteiger partial charge in [0.1, 0.15) is 11.3 Å². The van der Waals surface area contributed by atoms with Crippen molar-refractivity contribution in [2.75, 3.05) is 36.4 Å². The molecule has 8 heteroatoms. The molecule has 0 bridgehead atoms. The third kappa shape index (κ3) is 5.36. The summed E-state index contributed by atoms with van der Waals surface area (Å²) in [7, 11) is 0. The molecule has 39 heavy (non-hydrogen) atoms. The van der Waals surface area contributed by atoms with Crippen molar-refractivity contribution in [3.05, 3.63) is 93.6 Å². The number of aromatic carboxylic acids is 1. The largest absolute Gasteiger partial charge is 0.478 e.